The Kier molecular flexibility index (Phi) is 7.14. The summed E-state index contributed by atoms with van der Waals surface area (Å²) in [4.78, 5) is 15.3. The predicted molar refractivity (Wildman–Crippen MR) is 227 cm³/mol. The van der Waals surface area contributed by atoms with Crippen molar-refractivity contribution >= 4 is 54.3 Å². The van der Waals surface area contributed by atoms with E-state index < -0.39 is 0 Å². The van der Waals surface area contributed by atoms with Crippen molar-refractivity contribution in [3.63, 3.8) is 0 Å². The van der Waals surface area contributed by atoms with Gasteiger partial charge in [-0.15, -0.1) is 0 Å². The third-order valence-electron chi connectivity index (χ3n) is 10.7. The Morgan fingerprint density at radius 3 is 1.65 bits per heavy atom. The largest absolute Gasteiger partial charge is 0.455 e. The van der Waals surface area contributed by atoms with Crippen LogP contribution in [0.25, 0.3) is 111 Å². The van der Waals surface area contributed by atoms with E-state index in [9.17, 15) is 0 Å². The first kappa shape index (κ1) is 31.1. The van der Waals surface area contributed by atoms with Crippen LogP contribution in [0.4, 0.5) is 0 Å². The fourth-order valence-electron chi connectivity index (χ4n) is 8.03. The second-order valence-corrected chi connectivity index (χ2v) is 14.0. The molecule has 0 aliphatic carbocycles. The first-order valence-electron chi connectivity index (χ1n) is 18.5. The number of hydrogen-bond acceptors (Lipinski definition) is 4. The summed E-state index contributed by atoms with van der Waals surface area (Å²) in [6.45, 7) is 0. The predicted octanol–water partition coefficient (Wildman–Crippen LogP) is 13.6. The van der Waals surface area contributed by atoms with Crippen LogP contribution in [0, 0.1) is 0 Å². The molecular formula is C51H31N3O. The summed E-state index contributed by atoms with van der Waals surface area (Å²) >= 11 is 0. The molecule has 4 heteroatoms. The number of nitrogens with zero attached hydrogens (tertiary/aromatic N) is 3. The van der Waals surface area contributed by atoms with Gasteiger partial charge < -0.3 is 4.42 Å². The Hall–Kier alpha value is -7.43. The molecule has 0 radical (unpaired) electrons. The van der Waals surface area contributed by atoms with Crippen molar-refractivity contribution < 1.29 is 4.42 Å². The number of hydrogen-bond donors (Lipinski definition) is 0. The Bertz CT molecular complexity index is 3260. The number of aromatic nitrogens is 3. The molecule has 256 valence electrons. The van der Waals surface area contributed by atoms with Crippen molar-refractivity contribution in [1.29, 1.82) is 0 Å². The van der Waals surface area contributed by atoms with Gasteiger partial charge in [0.05, 0.1) is 0 Å². The van der Waals surface area contributed by atoms with E-state index in [1.165, 1.54) is 10.9 Å². The van der Waals surface area contributed by atoms with Crippen LogP contribution < -0.4 is 0 Å². The zero-order valence-electron chi connectivity index (χ0n) is 29.6. The molecule has 0 N–H and O–H groups in total. The molecule has 4 nitrogen and oxygen atoms in total. The van der Waals surface area contributed by atoms with Gasteiger partial charge in [0.25, 0.3) is 0 Å². The standard InChI is InChI=1S/C51H31N3O/c1-3-13-32(14-4-1)36-25-26-41-44(31-46-42-21-11-12-22-47(42)55-48(46)45(41)30-36)40-27-28-43(39-20-10-9-19-38(39)40)51-53-49(34-16-5-2-6-17-34)52-50(54-51)37-24-23-33-15-7-8-18-35(33)29-37/h1-31H. The van der Waals surface area contributed by atoms with Crippen molar-refractivity contribution in [2.45, 2.75) is 0 Å². The van der Waals surface area contributed by atoms with Crippen LogP contribution in [0.3, 0.4) is 0 Å². The second-order valence-electron chi connectivity index (χ2n) is 14.0. The minimum atomic E-state index is 0.633. The Balaban J connectivity index is 1.15. The molecule has 2 heterocycles. The third-order valence-corrected chi connectivity index (χ3v) is 10.7. The molecule has 9 aromatic carbocycles. The van der Waals surface area contributed by atoms with Gasteiger partial charge in [-0.25, -0.2) is 15.0 Å². The molecular weight excluding hydrogens is 671 g/mol. The van der Waals surface area contributed by atoms with Gasteiger partial charge in [0.2, 0.25) is 0 Å². The maximum atomic E-state index is 6.61. The van der Waals surface area contributed by atoms with E-state index in [2.05, 4.69) is 164 Å². The Labute approximate surface area is 317 Å². The minimum Gasteiger partial charge on any atom is -0.455 e. The first-order chi connectivity index (χ1) is 27.2. The highest BCUT2D eigenvalue weighted by atomic mass is 16.3. The summed E-state index contributed by atoms with van der Waals surface area (Å²) in [5, 5.41) is 8.93. The van der Waals surface area contributed by atoms with Crippen LogP contribution in [0.5, 0.6) is 0 Å². The van der Waals surface area contributed by atoms with E-state index in [-0.39, 0.29) is 0 Å². The average Bonchev–Trinajstić information content (AvgIpc) is 3.65. The van der Waals surface area contributed by atoms with Crippen molar-refractivity contribution in [2.24, 2.45) is 0 Å². The highest BCUT2D eigenvalue weighted by molar-refractivity contribution is 6.21. The van der Waals surface area contributed by atoms with E-state index in [0.717, 1.165) is 82.3 Å². The summed E-state index contributed by atoms with van der Waals surface area (Å²) in [6.07, 6.45) is 0. The van der Waals surface area contributed by atoms with Crippen LogP contribution in [-0.2, 0) is 0 Å². The van der Waals surface area contributed by atoms with E-state index >= 15 is 0 Å². The van der Waals surface area contributed by atoms with E-state index in [1.807, 2.05) is 24.3 Å². The van der Waals surface area contributed by atoms with Crippen LogP contribution in [-0.4, -0.2) is 15.0 Å². The second kappa shape index (κ2) is 12.6. The first-order valence-corrected chi connectivity index (χ1v) is 18.5. The summed E-state index contributed by atoms with van der Waals surface area (Å²) in [6, 6.07) is 65.8. The summed E-state index contributed by atoms with van der Waals surface area (Å²) in [5.41, 5.74) is 9.23. The summed E-state index contributed by atoms with van der Waals surface area (Å²) in [7, 11) is 0. The van der Waals surface area contributed by atoms with Crippen molar-refractivity contribution in [3.8, 4) is 56.4 Å². The van der Waals surface area contributed by atoms with E-state index in [0.29, 0.717) is 17.5 Å². The Morgan fingerprint density at radius 1 is 0.291 bits per heavy atom. The molecule has 0 fully saturated rings. The molecule has 0 spiro atoms. The lowest BCUT2D eigenvalue weighted by Gasteiger charge is -2.15. The SMILES string of the molecule is c1ccc(-c2ccc3c(-c4ccc(-c5nc(-c6ccccc6)nc(-c6ccc7ccccc7c6)n5)c5ccccc45)cc4c5ccccc5oc4c3c2)cc1. The average molecular weight is 702 g/mol. The van der Waals surface area contributed by atoms with Gasteiger partial charge in [-0.05, 0) is 79.5 Å². The quantitative estimate of drug-likeness (QED) is 0.179. The summed E-state index contributed by atoms with van der Waals surface area (Å²) in [5.74, 6) is 1.91. The zero-order chi connectivity index (χ0) is 36.3. The van der Waals surface area contributed by atoms with Gasteiger partial charge in [0.1, 0.15) is 11.2 Å². The Morgan fingerprint density at radius 2 is 0.855 bits per heavy atom. The number of benzene rings is 9. The molecule has 0 unspecified atom stereocenters. The molecule has 11 aromatic rings. The van der Waals surface area contributed by atoms with E-state index in [4.69, 9.17) is 19.4 Å². The molecule has 0 aliphatic heterocycles. The lowest BCUT2D eigenvalue weighted by molar-refractivity contribution is 0.672. The molecule has 55 heavy (non-hydrogen) atoms. The highest BCUT2D eigenvalue weighted by Gasteiger charge is 2.20. The number of fused-ring (bicyclic) bond motifs is 7. The van der Waals surface area contributed by atoms with Gasteiger partial charge in [-0.3, -0.25) is 0 Å². The molecule has 2 aromatic heterocycles. The maximum Gasteiger partial charge on any atom is 0.164 e. The molecule has 0 atom stereocenters. The molecule has 0 aliphatic rings. The summed E-state index contributed by atoms with van der Waals surface area (Å²) < 4.78 is 6.61. The highest BCUT2D eigenvalue weighted by Crippen LogP contribution is 2.44. The van der Waals surface area contributed by atoms with Crippen molar-refractivity contribution in [2.75, 3.05) is 0 Å². The van der Waals surface area contributed by atoms with Gasteiger partial charge >= 0.3 is 0 Å². The zero-order valence-corrected chi connectivity index (χ0v) is 29.6. The van der Waals surface area contributed by atoms with Crippen LogP contribution >= 0.6 is 0 Å². The number of furan rings is 1. The molecule has 11 rings (SSSR count). The third kappa shape index (κ3) is 5.26. The molecule has 0 amide bonds. The normalized spacial score (nSPS) is 11.6. The molecule has 0 saturated carbocycles. The van der Waals surface area contributed by atoms with Crippen molar-refractivity contribution in [3.05, 3.63) is 188 Å². The van der Waals surface area contributed by atoms with Crippen LogP contribution in [0.2, 0.25) is 0 Å². The fraction of sp³-hybridized carbons (Fsp3) is 0. The number of rotatable bonds is 5. The van der Waals surface area contributed by atoms with Crippen LogP contribution in [0.1, 0.15) is 0 Å². The molecule has 0 bridgehead atoms. The monoisotopic (exact) mass is 701 g/mol. The van der Waals surface area contributed by atoms with E-state index in [1.54, 1.807) is 0 Å². The lowest BCUT2D eigenvalue weighted by atomic mass is 9.89. The minimum absolute atomic E-state index is 0.633. The van der Waals surface area contributed by atoms with Crippen molar-refractivity contribution in [1.82, 2.24) is 15.0 Å². The van der Waals surface area contributed by atoms with Gasteiger partial charge in [0.15, 0.2) is 17.5 Å². The fourth-order valence-corrected chi connectivity index (χ4v) is 8.03. The van der Waals surface area contributed by atoms with Gasteiger partial charge in [-0.1, -0.05) is 158 Å². The van der Waals surface area contributed by atoms with Gasteiger partial charge in [0, 0.05) is 32.8 Å². The molecule has 0 saturated heterocycles. The van der Waals surface area contributed by atoms with Gasteiger partial charge in [-0.2, -0.15) is 0 Å². The number of para-hydroxylation sites is 1. The smallest absolute Gasteiger partial charge is 0.164 e. The lowest BCUT2D eigenvalue weighted by Crippen LogP contribution is -2.01. The maximum absolute atomic E-state index is 6.61. The van der Waals surface area contributed by atoms with Crippen LogP contribution in [0.15, 0.2) is 192 Å². The topological polar surface area (TPSA) is 51.8 Å².